The molecule has 0 bridgehead atoms. The highest BCUT2D eigenvalue weighted by atomic mass is 16.2. The van der Waals surface area contributed by atoms with Crippen LogP contribution in [0.4, 0.5) is 0 Å². The van der Waals surface area contributed by atoms with Gasteiger partial charge in [-0.1, -0.05) is 13.8 Å². The Morgan fingerprint density at radius 1 is 1.05 bits per heavy atom. The average molecular weight is 271 g/mol. The van der Waals surface area contributed by atoms with E-state index in [9.17, 15) is 9.59 Å². The van der Waals surface area contributed by atoms with Gasteiger partial charge in [0.1, 0.15) is 0 Å². The Labute approximate surface area is 117 Å². The molecule has 0 aromatic heterocycles. The van der Waals surface area contributed by atoms with E-state index in [1.165, 1.54) is 0 Å². The summed E-state index contributed by atoms with van der Waals surface area (Å²) in [6.07, 6.45) is 0.556. The van der Waals surface area contributed by atoms with Crippen molar-refractivity contribution in [2.75, 3.05) is 33.2 Å². The number of carbonyl (C=O) groups excluding carboxylic acids is 2. The van der Waals surface area contributed by atoms with Crippen molar-refractivity contribution in [3.63, 3.8) is 0 Å². The summed E-state index contributed by atoms with van der Waals surface area (Å²) < 4.78 is 0. The average Bonchev–Trinajstić information content (AvgIpc) is 2.36. The fourth-order valence-electron chi connectivity index (χ4n) is 1.93. The van der Waals surface area contributed by atoms with Gasteiger partial charge in [0.2, 0.25) is 11.8 Å². The Bertz CT molecular complexity index is 299. The van der Waals surface area contributed by atoms with Gasteiger partial charge in [-0.3, -0.25) is 9.59 Å². The van der Waals surface area contributed by atoms with Crippen LogP contribution in [0.2, 0.25) is 0 Å². The highest BCUT2D eigenvalue weighted by Gasteiger charge is 2.21. The fraction of sp³-hybridized carbons (Fsp3) is 0.857. The van der Waals surface area contributed by atoms with Crippen LogP contribution in [-0.4, -0.2) is 54.8 Å². The van der Waals surface area contributed by atoms with Gasteiger partial charge in [-0.15, -0.1) is 0 Å². The third-order valence-corrected chi connectivity index (χ3v) is 3.31. The molecule has 2 amide bonds. The number of amides is 2. The van der Waals surface area contributed by atoms with Crippen LogP contribution in [-0.2, 0) is 9.59 Å². The Morgan fingerprint density at radius 3 is 1.95 bits per heavy atom. The first kappa shape index (κ1) is 17.9. The second-order valence-corrected chi connectivity index (χ2v) is 5.68. The topological polar surface area (TPSA) is 66.6 Å². The molecule has 112 valence electrons. The SMILES string of the molecule is CCN(CC)C(=O)CCC(=O)N(C)CC(C)(C)CN. The van der Waals surface area contributed by atoms with E-state index in [1.807, 2.05) is 27.7 Å². The number of nitrogens with zero attached hydrogens (tertiary/aromatic N) is 2. The summed E-state index contributed by atoms with van der Waals surface area (Å²) in [5.41, 5.74) is 5.56. The molecule has 5 nitrogen and oxygen atoms in total. The lowest BCUT2D eigenvalue weighted by atomic mass is 9.93. The molecule has 0 atom stereocenters. The maximum absolute atomic E-state index is 12.0. The predicted molar refractivity (Wildman–Crippen MR) is 77.6 cm³/mol. The molecule has 0 fully saturated rings. The molecule has 5 heteroatoms. The third kappa shape index (κ3) is 6.57. The first-order chi connectivity index (χ1) is 8.77. The van der Waals surface area contributed by atoms with E-state index in [-0.39, 0.29) is 30.1 Å². The first-order valence-corrected chi connectivity index (χ1v) is 6.99. The van der Waals surface area contributed by atoms with Crippen molar-refractivity contribution < 1.29 is 9.59 Å². The lowest BCUT2D eigenvalue weighted by Gasteiger charge is -2.29. The first-order valence-electron chi connectivity index (χ1n) is 6.99. The van der Waals surface area contributed by atoms with Gasteiger partial charge in [0, 0.05) is 39.5 Å². The maximum atomic E-state index is 12.0. The Hall–Kier alpha value is -1.10. The molecular weight excluding hydrogens is 242 g/mol. The molecule has 0 aliphatic rings. The van der Waals surface area contributed by atoms with E-state index in [1.54, 1.807) is 16.8 Å². The van der Waals surface area contributed by atoms with Crippen LogP contribution >= 0.6 is 0 Å². The van der Waals surface area contributed by atoms with Gasteiger partial charge in [-0.05, 0) is 25.8 Å². The molecular formula is C14H29N3O2. The van der Waals surface area contributed by atoms with Gasteiger partial charge in [0.05, 0.1) is 0 Å². The smallest absolute Gasteiger partial charge is 0.223 e. The predicted octanol–water partition coefficient (Wildman–Crippen LogP) is 1.08. The molecule has 0 rings (SSSR count). The quantitative estimate of drug-likeness (QED) is 0.718. The lowest BCUT2D eigenvalue weighted by molar-refractivity contribution is -0.136. The largest absolute Gasteiger partial charge is 0.345 e. The Balaban J connectivity index is 4.21. The van der Waals surface area contributed by atoms with Crippen LogP contribution in [0.25, 0.3) is 0 Å². The molecule has 0 spiro atoms. The summed E-state index contributed by atoms with van der Waals surface area (Å²) in [5, 5.41) is 0. The van der Waals surface area contributed by atoms with E-state index in [0.29, 0.717) is 26.2 Å². The van der Waals surface area contributed by atoms with Crippen LogP contribution in [0.5, 0.6) is 0 Å². The van der Waals surface area contributed by atoms with Crippen molar-refractivity contribution in [2.24, 2.45) is 11.1 Å². The molecule has 0 saturated heterocycles. The molecule has 0 heterocycles. The molecule has 0 aliphatic carbocycles. The van der Waals surface area contributed by atoms with Crippen LogP contribution in [0.3, 0.4) is 0 Å². The van der Waals surface area contributed by atoms with Crippen LogP contribution < -0.4 is 5.73 Å². The number of hydrogen-bond acceptors (Lipinski definition) is 3. The zero-order chi connectivity index (χ0) is 15.1. The molecule has 2 N–H and O–H groups in total. The van der Waals surface area contributed by atoms with Crippen LogP contribution in [0.1, 0.15) is 40.5 Å². The Kier molecular flexibility index (Phi) is 7.68. The van der Waals surface area contributed by atoms with E-state index in [4.69, 9.17) is 5.73 Å². The van der Waals surface area contributed by atoms with Gasteiger partial charge in [-0.2, -0.15) is 0 Å². The van der Waals surface area contributed by atoms with E-state index in [0.717, 1.165) is 0 Å². The maximum Gasteiger partial charge on any atom is 0.223 e. The molecule has 0 aliphatic heterocycles. The third-order valence-electron chi connectivity index (χ3n) is 3.31. The van der Waals surface area contributed by atoms with Gasteiger partial charge < -0.3 is 15.5 Å². The van der Waals surface area contributed by atoms with Gasteiger partial charge in [0.25, 0.3) is 0 Å². The van der Waals surface area contributed by atoms with Crippen LogP contribution in [0.15, 0.2) is 0 Å². The normalized spacial score (nSPS) is 11.3. The number of hydrogen-bond donors (Lipinski definition) is 1. The summed E-state index contributed by atoms with van der Waals surface area (Å²) >= 11 is 0. The van der Waals surface area contributed by atoms with E-state index < -0.39 is 0 Å². The second kappa shape index (κ2) is 8.15. The number of nitrogens with two attached hydrogens (primary N) is 1. The molecule has 0 aromatic carbocycles. The van der Waals surface area contributed by atoms with Gasteiger partial charge in [0.15, 0.2) is 0 Å². The summed E-state index contributed by atoms with van der Waals surface area (Å²) in [4.78, 5) is 27.2. The molecule has 0 aromatic rings. The highest BCUT2D eigenvalue weighted by molar-refractivity contribution is 5.83. The van der Waals surface area contributed by atoms with Crippen LogP contribution in [0, 0.1) is 5.41 Å². The number of rotatable bonds is 8. The monoisotopic (exact) mass is 271 g/mol. The molecule has 0 saturated carbocycles. The summed E-state index contributed by atoms with van der Waals surface area (Å²) in [6, 6.07) is 0. The van der Waals surface area contributed by atoms with Gasteiger partial charge in [-0.25, -0.2) is 0 Å². The lowest BCUT2D eigenvalue weighted by Crippen LogP contribution is -2.40. The zero-order valence-corrected chi connectivity index (χ0v) is 13.0. The van der Waals surface area contributed by atoms with E-state index in [2.05, 4.69) is 0 Å². The van der Waals surface area contributed by atoms with E-state index >= 15 is 0 Å². The standard InChI is InChI=1S/C14H29N3O2/c1-6-17(7-2)13(19)9-8-12(18)16(5)11-14(3,4)10-15/h6-11,15H2,1-5H3. The van der Waals surface area contributed by atoms with Crippen molar-refractivity contribution in [3.05, 3.63) is 0 Å². The van der Waals surface area contributed by atoms with Gasteiger partial charge >= 0.3 is 0 Å². The summed E-state index contributed by atoms with van der Waals surface area (Å²) in [5.74, 6) is 0.0480. The minimum Gasteiger partial charge on any atom is -0.345 e. The fourth-order valence-corrected chi connectivity index (χ4v) is 1.93. The minimum atomic E-state index is -0.0900. The molecule has 0 unspecified atom stereocenters. The molecule has 19 heavy (non-hydrogen) atoms. The second-order valence-electron chi connectivity index (χ2n) is 5.68. The van der Waals surface area contributed by atoms with Crippen molar-refractivity contribution in [1.82, 2.24) is 9.80 Å². The van der Waals surface area contributed by atoms with Crippen molar-refractivity contribution >= 4 is 11.8 Å². The summed E-state index contributed by atoms with van der Waals surface area (Å²) in [6.45, 7) is 10.5. The van der Waals surface area contributed by atoms with Crippen molar-refractivity contribution in [3.8, 4) is 0 Å². The highest BCUT2D eigenvalue weighted by Crippen LogP contribution is 2.14. The minimum absolute atomic E-state index is 0.00188. The van der Waals surface area contributed by atoms with Crippen molar-refractivity contribution in [2.45, 2.75) is 40.5 Å². The van der Waals surface area contributed by atoms with Crippen molar-refractivity contribution in [1.29, 1.82) is 0 Å². The number of carbonyl (C=O) groups is 2. The Morgan fingerprint density at radius 2 is 1.53 bits per heavy atom. The summed E-state index contributed by atoms with van der Waals surface area (Å²) in [7, 11) is 1.77. The molecule has 0 radical (unpaired) electrons. The zero-order valence-electron chi connectivity index (χ0n) is 13.0.